The average Bonchev–Trinajstić information content (AvgIpc) is 3.16. The summed E-state index contributed by atoms with van der Waals surface area (Å²) in [5, 5.41) is 0.807. The number of thiazole rings is 1. The largest absolute Gasteiger partial charge is 0.328 e. The third kappa shape index (κ3) is 4.50. The van der Waals surface area contributed by atoms with E-state index in [0.717, 1.165) is 47.1 Å². The number of piperazine rings is 1. The van der Waals surface area contributed by atoms with Gasteiger partial charge in [0.25, 0.3) is 5.91 Å². The highest BCUT2D eigenvalue weighted by atomic mass is 32.1. The molecule has 2 N–H and O–H groups in total. The van der Waals surface area contributed by atoms with Gasteiger partial charge in [0, 0.05) is 0 Å². The Labute approximate surface area is 176 Å². The van der Waals surface area contributed by atoms with E-state index >= 15 is 0 Å². The molecule has 0 atom stereocenters. The Morgan fingerprint density at radius 2 is 1.79 bits per heavy atom. The molecule has 0 spiro atoms. The van der Waals surface area contributed by atoms with Crippen LogP contribution in [0.5, 0.6) is 0 Å². The molecule has 0 aliphatic carbocycles. The topological polar surface area (TPSA) is 42.1 Å². The lowest BCUT2D eigenvalue weighted by atomic mass is 10.1. The molecule has 6 heteroatoms. The highest BCUT2D eigenvalue weighted by Gasteiger charge is 2.27. The molecule has 1 aliphatic rings. The zero-order chi connectivity index (χ0) is 20.4. The SMILES string of the molecule is Cc1ccc2sc(N(Cc3ccccc3)C(=O)C[NH+]3CC[NH+](C)CC3)nc2c1C. The summed E-state index contributed by atoms with van der Waals surface area (Å²) in [5.74, 6) is 0.164. The minimum Gasteiger partial charge on any atom is -0.328 e. The normalized spacial score (nSPS) is 19.4. The van der Waals surface area contributed by atoms with Crippen molar-refractivity contribution < 1.29 is 14.6 Å². The Balaban J connectivity index is 1.63. The van der Waals surface area contributed by atoms with Crippen LogP contribution in [0.4, 0.5) is 5.13 Å². The first-order valence-corrected chi connectivity index (χ1v) is 11.2. The van der Waals surface area contributed by atoms with E-state index in [9.17, 15) is 4.79 Å². The van der Waals surface area contributed by atoms with Crippen LogP contribution in [-0.2, 0) is 11.3 Å². The number of anilines is 1. The molecule has 152 valence electrons. The number of hydrogen-bond acceptors (Lipinski definition) is 3. The molecule has 1 aromatic heterocycles. The fourth-order valence-corrected chi connectivity index (χ4v) is 4.92. The first-order valence-electron chi connectivity index (χ1n) is 10.4. The van der Waals surface area contributed by atoms with Crippen molar-refractivity contribution in [2.75, 3.05) is 44.7 Å². The highest BCUT2D eigenvalue weighted by molar-refractivity contribution is 7.22. The van der Waals surface area contributed by atoms with E-state index < -0.39 is 0 Å². The number of nitrogens with zero attached hydrogens (tertiary/aromatic N) is 2. The minimum absolute atomic E-state index is 0.164. The average molecular weight is 411 g/mol. The predicted molar refractivity (Wildman–Crippen MR) is 119 cm³/mol. The molecule has 0 bridgehead atoms. The maximum Gasteiger partial charge on any atom is 0.284 e. The Kier molecular flexibility index (Phi) is 5.94. The van der Waals surface area contributed by atoms with Crippen LogP contribution in [-0.4, -0.2) is 50.7 Å². The van der Waals surface area contributed by atoms with E-state index in [1.54, 1.807) is 16.2 Å². The molecular weight excluding hydrogens is 380 g/mol. The van der Waals surface area contributed by atoms with Gasteiger partial charge in [-0.25, -0.2) is 4.98 Å². The van der Waals surface area contributed by atoms with E-state index in [1.807, 2.05) is 23.1 Å². The van der Waals surface area contributed by atoms with E-state index in [0.29, 0.717) is 13.1 Å². The highest BCUT2D eigenvalue weighted by Crippen LogP contribution is 2.32. The lowest BCUT2D eigenvalue weighted by Crippen LogP contribution is -3.27. The molecule has 1 amide bonds. The van der Waals surface area contributed by atoms with Crippen LogP contribution in [0.1, 0.15) is 16.7 Å². The van der Waals surface area contributed by atoms with Crippen molar-refractivity contribution in [2.24, 2.45) is 0 Å². The Morgan fingerprint density at radius 1 is 1.07 bits per heavy atom. The van der Waals surface area contributed by atoms with Crippen molar-refractivity contribution in [2.45, 2.75) is 20.4 Å². The van der Waals surface area contributed by atoms with Gasteiger partial charge in [-0.2, -0.15) is 0 Å². The molecule has 29 heavy (non-hydrogen) atoms. The monoisotopic (exact) mass is 410 g/mol. The number of aryl methyl sites for hydroxylation is 2. The van der Waals surface area contributed by atoms with Gasteiger partial charge in [-0.05, 0) is 36.6 Å². The number of benzene rings is 2. The van der Waals surface area contributed by atoms with Crippen molar-refractivity contribution in [3.05, 3.63) is 59.2 Å². The van der Waals surface area contributed by atoms with Gasteiger partial charge >= 0.3 is 0 Å². The first-order chi connectivity index (χ1) is 14.0. The van der Waals surface area contributed by atoms with Crippen LogP contribution in [0.2, 0.25) is 0 Å². The summed E-state index contributed by atoms with van der Waals surface area (Å²) in [6.45, 7) is 9.68. The van der Waals surface area contributed by atoms with Crippen LogP contribution >= 0.6 is 11.3 Å². The van der Waals surface area contributed by atoms with Crippen LogP contribution < -0.4 is 14.7 Å². The number of carbonyl (C=O) groups is 1. The molecule has 2 heterocycles. The summed E-state index contributed by atoms with van der Waals surface area (Å²) in [6, 6.07) is 14.5. The minimum atomic E-state index is 0.164. The summed E-state index contributed by atoms with van der Waals surface area (Å²) in [6.07, 6.45) is 0. The fourth-order valence-electron chi connectivity index (χ4n) is 3.87. The van der Waals surface area contributed by atoms with Crippen LogP contribution in [0.25, 0.3) is 10.2 Å². The molecule has 0 radical (unpaired) electrons. The number of fused-ring (bicyclic) bond motifs is 1. The zero-order valence-electron chi connectivity index (χ0n) is 17.5. The molecule has 0 unspecified atom stereocenters. The van der Waals surface area contributed by atoms with Crippen molar-refractivity contribution in [3.63, 3.8) is 0 Å². The van der Waals surface area contributed by atoms with Gasteiger partial charge in [-0.15, -0.1) is 0 Å². The quantitative estimate of drug-likeness (QED) is 0.655. The molecule has 2 aromatic carbocycles. The van der Waals surface area contributed by atoms with E-state index in [-0.39, 0.29) is 5.91 Å². The predicted octanol–water partition coefficient (Wildman–Crippen LogP) is 0.860. The second-order valence-electron chi connectivity index (χ2n) is 8.20. The number of quaternary nitrogens is 2. The van der Waals surface area contributed by atoms with Gasteiger partial charge in [0.2, 0.25) is 0 Å². The maximum atomic E-state index is 13.4. The number of hydrogen-bond donors (Lipinski definition) is 2. The van der Waals surface area contributed by atoms with Crippen LogP contribution in [0.3, 0.4) is 0 Å². The Morgan fingerprint density at radius 3 is 2.52 bits per heavy atom. The number of nitrogens with one attached hydrogen (secondary N) is 2. The van der Waals surface area contributed by atoms with Crippen molar-refractivity contribution in [3.8, 4) is 0 Å². The number of rotatable bonds is 5. The van der Waals surface area contributed by atoms with Crippen LogP contribution in [0.15, 0.2) is 42.5 Å². The molecule has 0 saturated carbocycles. The van der Waals surface area contributed by atoms with Gasteiger partial charge in [0.1, 0.15) is 26.2 Å². The first kappa shape index (κ1) is 20.0. The molecule has 4 rings (SSSR count). The zero-order valence-corrected chi connectivity index (χ0v) is 18.3. The van der Waals surface area contributed by atoms with Gasteiger partial charge in [0.15, 0.2) is 11.7 Å². The Bertz CT molecular complexity index is 993. The summed E-state index contributed by atoms with van der Waals surface area (Å²) in [7, 11) is 2.23. The van der Waals surface area contributed by atoms with Crippen molar-refractivity contribution in [1.29, 1.82) is 0 Å². The lowest BCUT2D eigenvalue weighted by molar-refractivity contribution is -1.000. The molecule has 3 aromatic rings. The number of aromatic nitrogens is 1. The second-order valence-corrected chi connectivity index (χ2v) is 9.21. The van der Waals surface area contributed by atoms with E-state index in [1.165, 1.54) is 16.0 Å². The molecule has 1 saturated heterocycles. The van der Waals surface area contributed by atoms with Crippen molar-refractivity contribution in [1.82, 2.24) is 4.98 Å². The van der Waals surface area contributed by atoms with E-state index in [4.69, 9.17) is 4.98 Å². The van der Waals surface area contributed by atoms with Gasteiger partial charge in [0.05, 0.1) is 23.8 Å². The Hall–Kier alpha value is -2.28. The third-order valence-corrected chi connectivity index (χ3v) is 7.04. The van der Waals surface area contributed by atoms with Gasteiger partial charge < -0.3 is 9.80 Å². The van der Waals surface area contributed by atoms with Crippen molar-refractivity contribution >= 4 is 32.6 Å². The maximum absolute atomic E-state index is 13.4. The summed E-state index contributed by atoms with van der Waals surface area (Å²) >= 11 is 1.62. The molecule has 5 nitrogen and oxygen atoms in total. The van der Waals surface area contributed by atoms with Gasteiger partial charge in [-0.1, -0.05) is 47.7 Å². The summed E-state index contributed by atoms with van der Waals surface area (Å²) in [5.41, 5.74) is 4.58. The number of amides is 1. The van der Waals surface area contributed by atoms with Crippen LogP contribution in [0, 0.1) is 13.8 Å². The second kappa shape index (κ2) is 8.61. The standard InChI is InChI=1S/C23H28N4OS/c1-17-9-10-20-22(18(17)2)24-23(29-20)27(15-19-7-5-4-6-8-19)21(28)16-26-13-11-25(3)12-14-26/h4-10H,11-16H2,1-3H3/p+2. The molecular formula is C23H30N4OS+2. The lowest BCUT2D eigenvalue weighted by Gasteiger charge is -2.28. The smallest absolute Gasteiger partial charge is 0.284 e. The summed E-state index contributed by atoms with van der Waals surface area (Å²) in [4.78, 5) is 23.1. The molecule has 1 aliphatic heterocycles. The number of likely N-dealkylation sites (N-methyl/N-ethyl adjacent to an activating group) is 1. The van der Waals surface area contributed by atoms with Gasteiger partial charge in [-0.3, -0.25) is 9.69 Å². The number of carbonyl (C=O) groups excluding carboxylic acids is 1. The fraction of sp³-hybridized carbons (Fsp3) is 0.391. The molecule has 1 fully saturated rings. The third-order valence-electron chi connectivity index (χ3n) is 6.00. The summed E-state index contributed by atoms with van der Waals surface area (Å²) < 4.78 is 1.14. The van der Waals surface area contributed by atoms with E-state index in [2.05, 4.69) is 45.2 Å².